The Bertz CT molecular complexity index is 1020. The van der Waals surface area contributed by atoms with E-state index in [0.29, 0.717) is 5.75 Å². The summed E-state index contributed by atoms with van der Waals surface area (Å²) in [6, 6.07) is 9.47. The van der Waals surface area contributed by atoms with Crippen LogP contribution in [0.2, 0.25) is 0 Å². The molecule has 0 aliphatic heterocycles. The van der Waals surface area contributed by atoms with Crippen LogP contribution in [0.4, 0.5) is 0 Å². The molecule has 0 aliphatic carbocycles. The lowest BCUT2D eigenvalue weighted by Crippen LogP contribution is -2.43. The molecule has 0 bridgehead atoms. The molecule has 1 aromatic carbocycles. The summed E-state index contributed by atoms with van der Waals surface area (Å²) in [5.41, 5.74) is -0.691. The second-order valence-corrected chi connectivity index (χ2v) is 9.14. The number of ether oxygens (including phenoxy) is 2. The van der Waals surface area contributed by atoms with Crippen molar-refractivity contribution < 1.29 is 33.5 Å². The summed E-state index contributed by atoms with van der Waals surface area (Å²) in [4.78, 5) is 26.6. The molecule has 2 aromatic rings. The Hall–Kier alpha value is -2.18. The van der Waals surface area contributed by atoms with Gasteiger partial charge in [-0.25, -0.2) is 9.88 Å². The lowest BCUT2D eigenvalue weighted by molar-refractivity contribution is -0.149. The highest BCUT2D eigenvalue weighted by Gasteiger charge is 2.31. The Morgan fingerprint density at radius 2 is 1.88 bits per heavy atom. The lowest BCUT2D eigenvalue weighted by atomic mass is 10.2. The van der Waals surface area contributed by atoms with E-state index in [-0.39, 0.29) is 17.4 Å². The molecular weight excluding hydrogens is 485 g/mol. The van der Waals surface area contributed by atoms with Gasteiger partial charge in [0, 0.05) is 13.3 Å². The van der Waals surface area contributed by atoms with E-state index in [9.17, 15) is 19.8 Å². The molecule has 0 amide bonds. The number of para-hydroxylation sites is 1. The Labute approximate surface area is 203 Å². The van der Waals surface area contributed by atoms with Gasteiger partial charge in [-0.15, -0.1) is 0 Å². The van der Waals surface area contributed by atoms with E-state index in [1.165, 1.54) is 19.4 Å². The first-order valence-corrected chi connectivity index (χ1v) is 12.0. The highest BCUT2D eigenvalue weighted by molar-refractivity contribution is 7.71. The molecule has 13 heteroatoms. The summed E-state index contributed by atoms with van der Waals surface area (Å²) in [6.07, 6.45) is -3.25. The number of H-pyrrole nitrogens is 1. The predicted molar refractivity (Wildman–Crippen MR) is 128 cm³/mol. The number of nitrogens with zero attached hydrogens (tertiary/aromatic N) is 1. The number of hydrogen-bond acceptors (Lipinski definition) is 10. The number of hydrogen-bond donors (Lipinski definition) is 4. The molecule has 0 radical (unpaired) electrons. The van der Waals surface area contributed by atoms with E-state index in [2.05, 4.69) is 10.1 Å². The molecule has 188 valence electrons. The number of aromatic amines is 1. The van der Waals surface area contributed by atoms with E-state index in [0.717, 1.165) is 4.57 Å². The number of benzene rings is 1. The number of aliphatic hydroxyl groups excluding tert-OH is 2. The highest BCUT2D eigenvalue weighted by atomic mass is 32.1. The third-order valence-electron chi connectivity index (χ3n) is 4.42. The minimum Gasteiger partial charge on any atom is -0.462 e. The van der Waals surface area contributed by atoms with Crippen molar-refractivity contribution in [2.75, 3.05) is 13.7 Å². The standard InChI is InChI=1S/C21H30N3O8PS/c1-13(2)31-20(27)14(3)23-33(32-15-8-6-5-7-9-15)30-12-16(29-4)18(25)19(26)24-11-10-17(34)22-21(24)28/h5-11,13-14,16,18-19,23,25-26H,12H2,1-4H3,(H,22,28,34). The summed E-state index contributed by atoms with van der Waals surface area (Å²) in [5.74, 6) is 0.00787. The molecule has 5 atom stereocenters. The zero-order valence-corrected chi connectivity index (χ0v) is 21.0. The van der Waals surface area contributed by atoms with Gasteiger partial charge in [0.15, 0.2) is 6.23 Å². The fourth-order valence-electron chi connectivity index (χ4n) is 2.65. The van der Waals surface area contributed by atoms with Gasteiger partial charge >= 0.3 is 20.2 Å². The van der Waals surface area contributed by atoms with Gasteiger partial charge in [-0.1, -0.05) is 30.4 Å². The van der Waals surface area contributed by atoms with Crippen molar-refractivity contribution in [1.29, 1.82) is 0 Å². The maximum absolute atomic E-state index is 12.2. The predicted octanol–water partition coefficient (Wildman–Crippen LogP) is 2.02. The van der Waals surface area contributed by atoms with Crippen LogP contribution in [-0.2, 0) is 18.8 Å². The Morgan fingerprint density at radius 3 is 2.47 bits per heavy atom. The zero-order chi connectivity index (χ0) is 25.3. The second-order valence-electron chi connectivity index (χ2n) is 7.49. The third-order valence-corrected chi connectivity index (χ3v) is 6.01. The molecule has 2 rings (SSSR count). The molecule has 34 heavy (non-hydrogen) atoms. The summed E-state index contributed by atoms with van der Waals surface area (Å²) in [7, 11) is -0.572. The van der Waals surface area contributed by atoms with E-state index in [4.69, 9.17) is 30.7 Å². The molecule has 4 N–H and O–H groups in total. The number of carbonyl (C=O) groups excluding carboxylic acids is 1. The molecule has 11 nitrogen and oxygen atoms in total. The van der Waals surface area contributed by atoms with E-state index < -0.39 is 44.7 Å². The van der Waals surface area contributed by atoms with Gasteiger partial charge in [0.1, 0.15) is 28.6 Å². The fourth-order valence-corrected chi connectivity index (χ4v) is 4.00. The number of methoxy groups -OCH3 is 1. The van der Waals surface area contributed by atoms with Gasteiger partial charge in [0.2, 0.25) is 0 Å². The van der Waals surface area contributed by atoms with Gasteiger partial charge < -0.3 is 28.7 Å². The zero-order valence-electron chi connectivity index (χ0n) is 19.3. The summed E-state index contributed by atoms with van der Waals surface area (Å²) in [6.45, 7) is 4.86. The largest absolute Gasteiger partial charge is 0.462 e. The van der Waals surface area contributed by atoms with Crippen molar-refractivity contribution in [3.63, 3.8) is 0 Å². The molecule has 0 saturated heterocycles. The number of rotatable bonds is 13. The van der Waals surface area contributed by atoms with Crippen molar-refractivity contribution in [2.24, 2.45) is 0 Å². The van der Waals surface area contributed by atoms with Crippen LogP contribution >= 0.6 is 20.7 Å². The quantitative estimate of drug-likeness (QED) is 0.178. The normalized spacial score (nSPS) is 15.9. The van der Waals surface area contributed by atoms with Crippen molar-refractivity contribution in [3.05, 3.63) is 57.7 Å². The van der Waals surface area contributed by atoms with Crippen LogP contribution in [0.25, 0.3) is 0 Å². The molecule has 5 unspecified atom stereocenters. The fraction of sp³-hybridized carbons (Fsp3) is 0.476. The topological polar surface area (TPSA) is 144 Å². The first-order chi connectivity index (χ1) is 16.1. The minimum atomic E-state index is -1.89. The van der Waals surface area contributed by atoms with Crippen molar-refractivity contribution >= 4 is 26.7 Å². The average Bonchev–Trinajstić information content (AvgIpc) is 2.79. The van der Waals surface area contributed by atoms with Gasteiger partial charge in [-0.05, 0) is 39.0 Å². The SMILES string of the molecule is COC(COP(NC(C)C(=O)OC(C)C)Oc1ccccc1)C(O)C(O)n1ccc(=S)[nH]c1=O. The molecule has 0 fully saturated rings. The van der Waals surface area contributed by atoms with Crippen LogP contribution < -0.4 is 15.3 Å². The molecule has 0 aliphatic rings. The van der Waals surface area contributed by atoms with Crippen LogP contribution in [0.1, 0.15) is 27.0 Å². The Kier molecular flexibility index (Phi) is 11.3. The monoisotopic (exact) mass is 515 g/mol. The van der Waals surface area contributed by atoms with E-state index >= 15 is 0 Å². The van der Waals surface area contributed by atoms with Crippen LogP contribution in [-0.4, -0.2) is 63.8 Å². The maximum Gasteiger partial charge on any atom is 0.328 e. The molecule has 1 heterocycles. The third kappa shape index (κ3) is 8.55. The maximum atomic E-state index is 12.2. The lowest BCUT2D eigenvalue weighted by Gasteiger charge is -2.28. The molecular formula is C21H30N3O8PS. The number of nitrogens with one attached hydrogen (secondary N) is 2. The number of aliphatic hydroxyl groups is 2. The summed E-state index contributed by atoms with van der Waals surface area (Å²) < 4.78 is 23.2. The number of carbonyl (C=O) groups is 1. The van der Waals surface area contributed by atoms with Crippen LogP contribution in [0.3, 0.4) is 0 Å². The van der Waals surface area contributed by atoms with Gasteiger partial charge in [0.05, 0.1) is 12.7 Å². The summed E-state index contributed by atoms with van der Waals surface area (Å²) in [5, 5.41) is 24.0. The van der Waals surface area contributed by atoms with Gasteiger partial charge in [0.25, 0.3) is 0 Å². The van der Waals surface area contributed by atoms with Crippen molar-refractivity contribution in [3.8, 4) is 5.75 Å². The Balaban J connectivity index is 2.11. The van der Waals surface area contributed by atoms with Gasteiger partial charge in [-0.2, -0.15) is 0 Å². The van der Waals surface area contributed by atoms with Crippen LogP contribution in [0.5, 0.6) is 5.75 Å². The average molecular weight is 516 g/mol. The van der Waals surface area contributed by atoms with Crippen LogP contribution in [0, 0.1) is 4.64 Å². The smallest absolute Gasteiger partial charge is 0.328 e. The number of aromatic nitrogens is 2. The molecule has 0 spiro atoms. The van der Waals surface area contributed by atoms with E-state index in [1.807, 2.05) is 6.07 Å². The minimum absolute atomic E-state index is 0.189. The summed E-state index contributed by atoms with van der Waals surface area (Å²) >= 11 is 4.88. The van der Waals surface area contributed by atoms with E-state index in [1.54, 1.807) is 45.0 Å². The first kappa shape index (κ1) is 28.1. The second kappa shape index (κ2) is 13.6. The first-order valence-electron chi connectivity index (χ1n) is 10.5. The molecule has 1 aromatic heterocycles. The van der Waals surface area contributed by atoms with Crippen molar-refractivity contribution in [2.45, 2.75) is 51.4 Å². The van der Waals surface area contributed by atoms with Crippen LogP contribution in [0.15, 0.2) is 47.4 Å². The number of esters is 1. The Morgan fingerprint density at radius 1 is 1.21 bits per heavy atom. The van der Waals surface area contributed by atoms with Gasteiger partial charge in [-0.3, -0.25) is 14.3 Å². The molecule has 0 saturated carbocycles. The van der Waals surface area contributed by atoms with Crippen molar-refractivity contribution in [1.82, 2.24) is 14.6 Å². The highest BCUT2D eigenvalue weighted by Crippen LogP contribution is 2.36.